The molecule has 25 heavy (non-hydrogen) atoms. The van der Waals surface area contributed by atoms with E-state index in [1.807, 2.05) is 12.1 Å². The Labute approximate surface area is 147 Å². The van der Waals surface area contributed by atoms with Crippen LogP contribution in [0.2, 0.25) is 0 Å². The van der Waals surface area contributed by atoms with Crippen molar-refractivity contribution in [1.29, 1.82) is 0 Å². The van der Waals surface area contributed by atoms with E-state index >= 15 is 0 Å². The third-order valence-corrected chi connectivity index (χ3v) is 5.80. The maximum absolute atomic E-state index is 12.0. The number of rotatable bonds is 2. The van der Waals surface area contributed by atoms with E-state index in [1.54, 1.807) is 35.2 Å². The minimum atomic E-state index is -3.32. The quantitative estimate of drug-likeness (QED) is 0.893. The average molecular weight is 359 g/mol. The van der Waals surface area contributed by atoms with Crippen LogP contribution >= 0.6 is 0 Å². The predicted octanol–water partition coefficient (Wildman–Crippen LogP) is 2.33. The van der Waals surface area contributed by atoms with E-state index in [0.717, 1.165) is 16.7 Å². The van der Waals surface area contributed by atoms with Crippen molar-refractivity contribution in [3.63, 3.8) is 0 Å². The van der Waals surface area contributed by atoms with Gasteiger partial charge in [0.1, 0.15) is 5.75 Å². The molecule has 0 aliphatic carbocycles. The summed E-state index contributed by atoms with van der Waals surface area (Å²) >= 11 is 0. The molecule has 1 amide bonds. The SMILES string of the molecule is CC(=O)N1CCc2ccc(O)cc2C(c2cccc(S(C)(=O)=O)c2)C1. The molecule has 0 radical (unpaired) electrons. The summed E-state index contributed by atoms with van der Waals surface area (Å²) in [5, 5.41) is 9.93. The summed E-state index contributed by atoms with van der Waals surface area (Å²) in [7, 11) is -3.32. The summed E-state index contributed by atoms with van der Waals surface area (Å²) in [6.07, 6.45) is 1.89. The molecular formula is C19H21NO4S. The first-order valence-electron chi connectivity index (χ1n) is 8.13. The fourth-order valence-electron chi connectivity index (χ4n) is 3.33. The summed E-state index contributed by atoms with van der Waals surface area (Å²) in [6, 6.07) is 12.1. The highest BCUT2D eigenvalue weighted by atomic mass is 32.2. The van der Waals surface area contributed by atoms with Crippen molar-refractivity contribution >= 4 is 15.7 Å². The highest BCUT2D eigenvalue weighted by Gasteiger charge is 2.26. The van der Waals surface area contributed by atoms with Gasteiger partial charge < -0.3 is 10.0 Å². The molecule has 132 valence electrons. The Morgan fingerprint density at radius 1 is 1.20 bits per heavy atom. The Morgan fingerprint density at radius 3 is 2.64 bits per heavy atom. The first-order chi connectivity index (χ1) is 11.8. The van der Waals surface area contributed by atoms with Crippen LogP contribution in [0, 0.1) is 0 Å². The summed E-state index contributed by atoms with van der Waals surface area (Å²) in [6.45, 7) is 2.60. The van der Waals surface area contributed by atoms with E-state index in [0.29, 0.717) is 19.5 Å². The second kappa shape index (κ2) is 6.52. The fourth-order valence-corrected chi connectivity index (χ4v) is 4.01. The Hall–Kier alpha value is -2.34. The number of fused-ring (bicyclic) bond motifs is 1. The van der Waals surface area contributed by atoms with Crippen molar-refractivity contribution in [2.24, 2.45) is 0 Å². The third-order valence-electron chi connectivity index (χ3n) is 4.69. The van der Waals surface area contributed by atoms with Gasteiger partial charge in [0.15, 0.2) is 9.84 Å². The zero-order valence-electron chi connectivity index (χ0n) is 14.3. The highest BCUT2D eigenvalue weighted by molar-refractivity contribution is 7.90. The van der Waals surface area contributed by atoms with Crippen molar-refractivity contribution in [3.8, 4) is 5.75 Å². The Morgan fingerprint density at radius 2 is 1.96 bits per heavy atom. The van der Waals surface area contributed by atoms with Gasteiger partial charge >= 0.3 is 0 Å². The number of hydrogen-bond donors (Lipinski definition) is 1. The third kappa shape index (κ3) is 3.69. The topological polar surface area (TPSA) is 74.7 Å². The maximum Gasteiger partial charge on any atom is 0.219 e. The van der Waals surface area contributed by atoms with Crippen LogP contribution in [0.1, 0.15) is 29.5 Å². The van der Waals surface area contributed by atoms with Crippen LogP contribution in [-0.4, -0.2) is 43.7 Å². The van der Waals surface area contributed by atoms with E-state index in [1.165, 1.54) is 13.2 Å². The lowest BCUT2D eigenvalue weighted by Crippen LogP contribution is -2.33. The molecule has 0 saturated carbocycles. The normalized spacial score (nSPS) is 17.7. The molecule has 1 atom stereocenters. The van der Waals surface area contributed by atoms with Gasteiger partial charge in [-0.1, -0.05) is 18.2 Å². The molecule has 0 saturated heterocycles. The van der Waals surface area contributed by atoms with Crippen LogP contribution in [-0.2, 0) is 21.1 Å². The van der Waals surface area contributed by atoms with Crippen LogP contribution in [0.4, 0.5) is 0 Å². The second-order valence-corrected chi connectivity index (χ2v) is 8.51. The lowest BCUT2D eigenvalue weighted by atomic mass is 9.88. The predicted molar refractivity (Wildman–Crippen MR) is 95.5 cm³/mol. The first kappa shape index (κ1) is 17.5. The molecule has 0 spiro atoms. The molecule has 5 nitrogen and oxygen atoms in total. The van der Waals surface area contributed by atoms with E-state index < -0.39 is 9.84 Å². The number of amides is 1. The summed E-state index contributed by atoms with van der Waals surface area (Å²) in [4.78, 5) is 14.0. The second-order valence-electron chi connectivity index (χ2n) is 6.50. The molecule has 0 bridgehead atoms. The van der Waals surface area contributed by atoms with Gasteiger partial charge in [0.25, 0.3) is 0 Å². The van der Waals surface area contributed by atoms with Gasteiger partial charge in [-0.2, -0.15) is 0 Å². The van der Waals surface area contributed by atoms with E-state index in [4.69, 9.17) is 0 Å². The molecule has 2 aromatic carbocycles. The van der Waals surface area contributed by atoms with E-state index in [-0.39, 0.29) is 22.5 Å². The van der Waals surface area contributed by atoms with Crippen LogP contribution in [0.15, 0.2) is 47.4 Å². The number of hydrogen-bond acceptors (Lipinski definition) is 4. The van der Waals surface area contributed by atoms with Crippen molar-refractivity contribution < 1.29 is 18.3 Å². The summed E-state index contributed by atoms with van der Waals surface area (Å²) < 4.78 is 23.8. The number of benzene rings is 2. The first-order valence-corrected chi connectivity index (χ1v) is 10.0. The largest absolute Gasteiger partial charge is 0.508 e. The molecule has 1 unspecified atom stereocenters. The van der Waals surface area contributed by atoms with Crippen molar-refractivity contribution in [2.45, 2.75) is 24.2 Å². The number of phenolic OH excluding ortho intramolecular Hbond substituents is 1. The van der Waals surface area contributed by atoms with Crippen molar-refractivity contribution in [3.05, 3.63) is 59.2 Å². The maximum atomic E-state index is 12.0. The summed E-state index contributed by atoms with van der Waals surface area (Å²) in [5.41, 5.74) is 2.83. The molecule has 0 fully saturated rings. The fraction of sp³-hybridized carbons (Fsp3) is 0.316. The van der Waals surface area contributed by atoms with Crippen molar-refractivity contribution in [1.82, 2.24) is 4.90 Å². The number of phenols is 1. The zero-order valence-corrected chi connectivity index (χ0v) is 15.1. The van der Waals surface area contributed by atoms with Gasteiger partial charge in [0, 0.05) is 32.2 Å². The molecule has 1 N–H and O–H groups in total. The van der Waals surface area contributed by atoms with Crippen LogP contribution < -0.4 is 0 Å². The Balaban J connectivity index is 2.14. The minimum absolute atomic E-state index is 0.0127. The highest BCUT2D eigenvalue weighted by Crippen LogP contribution is 2.34. The number of aromatic hydroxyl groups is 1. The molecule has 0 aromatic heterocycles. The molecule has 3 rings (SSSR count). The van der Waals surface area contributed by atoms with Crippen molar-refractivity contribution in [2.75, 3.05) is 19.3 Å². The summed E-state index contributed by atoms with van der Waals surface area (Å²) in [5.74, 6) is -0.0317. The van der Waals surface area contributed by atoms with Gasteiger partial charge in [0.2, 0.25) is 5.91 Å². The van der Waals surface area contributed by atoms with Gasteiger partial charge in [-0.05, 0) is 47.4 Å². The lowest BCUT2D eigenvalue weighted by Gasteiger charge is -2.25. The van der Waals surface area contributed by atoms with Gasteiger partial charge in [-0.15, -0.1) is 0 Å². The standard InChI is InChI=1S/C19H21NO4S/c1-13(21)20-9-8-14-6-7-16(22)11-18(14)19(12-20)15-4-3-5-17(10-15)25(2,23)24/h3-7,10-11,19,22H,8-9,12H2,1-2H3. The number of sulfone groups is 1. The Bertz CT molecular complexity index is 921. The lowest BCUT2D eigenvalue weighted by molar-refractivity contribution is -0.128. The molecule has 6 heteroatoms. The van der Waals surface area contributed by atoms with Crippen LogP contribution in [0.3, 0.4) is 0 Å². The van der Waals surface area contributed by atoms with Gasteiger partial charge in [0.05, 0.1) is 4.90 Å². The number of nitrogens with zero attached hydrogens (tertiary/aromatic N) is 1. The molecule has 1 heterocycles. The van der Waals surface area contributed by atoms with Crippen LogP contribution in [0.25, 0.3) is 0 Å². The van der Waals surface area contributed by atoms with Gasteiger partial charge in [-0.3, -0.25) is 4.79 Å². The average Bonchev–Trinajstić information content (AvgIpc) is 2.74. The van der Waals surface area contributed by atoms with Crippen LogP contribution in [0.5, 0.6) is 5.75 Å². The Kier molecular flexibility index (Phi) is 4.56. The molecule has 1 aliphatic heterocycles. The smallest absolute Gasteiger partial charge is 0.219 e. The molecule has 2 aromatic rings. The zero-order chi connectivity index (χ0) is 18.2. The number of carbonyl (C=O) groups excluding carboxylic acids is 1. The number of carbonyl (C=O) groups is 1. The molecule has 1 aliphatic rings. The van der Waals surface area contributed by atoms with Gasteiger partial charge in [-0.25, -0.2) is 8.42 Å². The molecular weight excluding hydrogens is 338 g/mol. The monoisotopic (exact) mass is 359 g/mol. The van der Waals surface area contributed by atoms with E-state index in [9.17, 15) is 18.3 Å². The minimum Gasteiger partial charge on any atom is -0.508 e. The van der Waals surface area contributed by atoms with E-state index in [2.05, 4.69) is 0 Å².